The van der Waals surface area contributed by atoms with Crippen LogP contribution in [0.3, 0.4) is 0 Å². The van der Waals surface area contributed by atoms with E-state index in [0.29, 0.717) is 24.2 Å². The smallest absolute Gasteiger partial charge is 0.257 e. The Hall–Kier alpha value is -3.29. The zero-order valence-electron chi connectivity index (χ0n) is 16.4. The molecule has 0 aliphatic rings. The second-order valence-corrected chi connectivity index (χ2v) is 6.48. The molecule has 8 heteroatoms. The van der Waals surface area contributed by atoms with Crippen molar-refractivity contribution in [3.8, 4) is 11.5 Å². The standard InChI is InChI=1S/C21H23F2N5O/c1-3-5-19-27-20(29-28-19)15-7-4-6-14(10-15)12-25-21(24-2)26-13-16-11-17(22)8-9-18(16)23/h4,6-11H,3,5,12-13H2,1-2H3,(H2,24,25,26). The predicted molar refractivity (Wildman–Crippen MR) is 107 cm³/mol. The minimum atomic E-state index is -0.480. The molecule has 0 radical (unpaired) electrons. The molecule has 0 aliphatic heterocycles. The van der Waals surface area contributed by atoms with Gasteiger partial charge in [-0.25, -0.2) is 8.78 Å². The van der Waals surface area contributed by atoms with Gasteiger partial charge in [0.2, 0.25) is 0 Å². The number of hydrogen-bond donors (Lipinski definition) is 2. The number of benzene rings is 2. The van der Waals surface area contributed by atoms with Crippen LogP contribution in [0, 0.1) is 11.6 Å². The highest BCUT2D eigenvalue weighted by Crippen LogP contribution is 2.19. The van der Waals surface area contributed by atoms with Crippen molar-refractivity contribution in [2.24, 2.45) is 4.99 Å². The van der Waals surface area contributed by atoms with E-state index >= 15 is 0 Å². The molecule has 0 saturated carbocycles. The summed E-state index contributed by atoms with van der Waals surface area (Å²) < 4.78 is 32.4. The lowest BCUT2D eigenvalue weighted by Crippen LogP contribution is -2.36. The highest BCUT2D eigenvalue weighted by atomic mass is 19.1. The van der Waals surface area contributed by atoms with Gasteiger partial charge < -0.3 is 15.2 Å². The van der Waals surface area contributed by atoms with Crippen molar-refractivity contribution in [3.63, 3.8) is 0 Å². The molecule has 0 amide bonds. The quantitative estimate of drug-likeness (QED) is 0.467. The summed E-state index contributed by atoms with van der Waals surface area (Å²) in [4.78, 5) is 8.51. The Balaban J connectivity index is 1.60. The molecule has 1 heterocycles. The number of aromatic nitrogens is 2. The molecule has 0 aliphatic carbocycles. The Bertz CT molecular complexity index is 987. The lowest BCUT2D eigenvalue weighted by molar-refractivity contribution is 0.422. The molecule has 152 valence electrons. The maximum Gasteiger partial charge on any atom is 0.257 e. The fraction of sp³-hybridized carbons (Fsp3) is 0.286. The summed E-state index contributed by atoms with van der Waals surface area (Å²) in [6.07, 6.45) is 1.73. The molecule has 29 heavy (non-hydrogen) atoms. The molecule has 0 saturated heterocycles. The Morgan fingerprint density at radius 1 is 1.10 bits per heavy atom. The van der Waals surface area contributed by atoms with Gasteiger partial charge >= 0.3 is 0 Å². The molecular formula is C21H23F2N5O. The average Bonchev–Trinajstić information content (AvgIpc) is 3.20. The third-order valence-electron chi connectivity index (χ3n) is 4.25. The Morgan fingerprint density at radius 3 is 2.72 bits per heavy atom. The third-order valence-corrected chi connectivity index (χ3v) is 4.25. The molecule has 0 unspecified atom stereocenters. The molecule has 0 bridgehead atoms. The van der Waals surface area contributed by atoms with E-state index in [1.165, 1.54) is 0 Å². The zero-order chi connectivity index (χ0) is 20.6. The molecule has 1 aromatic heterocycles. The first kappa shape index (κ1) is 20.4. The van der Waals surface area contributed by atoms with Gasteiger partial charge in [-0.05, 0) is 42.3 Å². The first-order valence-corrected chi connectivity index (χ1v) is 9.39. The average molecular weight is 399 g/mol. The van der Waals surface area contributed by atoms with Gasteiger partial charge in [0.25, 0.3) is 5.89 Å². The van der Waals surface area contributed by atoms with Crippen LogP contribution < -0.4 is 10.6 Å². The lowest BCUT2D eigenvalue weighted by Gasteiger charge is -2.13. The lowest BCUT2D eigenvalue weighted by atomic mass is 10.1. The van der Waals surface area contributed by atoms with Crippen molar-refractivity contribution in [2.45, 2.75) is 32.9 Å². The van der Waals surface area contributed by atoms with E-state index < -0.39 is 11.6 Å². The van der Waals surface area contributed by atoms with Gasteiger partial charge in [0.05, 0.1) is 0 Å². The van der Waals surface area contributed by atoms with Crippen LogP contribution in [0.4, 0.5) is 8.78 Å². The van der Waals surface area contributed by atoms with E-state index in [4.69, 9.17) is 4.52 Å². The van der Waals surface area contributed by atoms with E-state index in [2.05, 4.69) is 32.7 Å². The third kappa shape index (κ3) is 5.60. The molecular weight excluding hydrogens is 376 g/mol. The van der Waals surface area contributed by atoms with Crippen molar-refractivity contribution in [3.05, 3.63) is 71.1 Å². The van der Waals surface area contributed by atoms with E-state index in [0.717, 1.165) is 42.2 Å². The Labute approximate surface area is 168 Å². The summed E-state index contributed by atoms with van der Waals surface area (Å²) in [6, 6.07) is 11.1. The van der Waals surface area contributed by atoms with Crippen LogP contribution in [-0.4, -0.2) is 23.1 Å². The van der Waals surface area contributed by atoms with Gasteiger partial charge in [0.15, 0.2) is 11.8 Å². The topological polar surface area (TPSA) is 75.3 Å². The molecule has 0 spiro atoms. The highest BCUT2D eigenvalue weighted by Gasteiger charge is 2.09. The molecule has 3 aromatic rings. The van der Waals surface area contributed by atoms with Crippen LogP contribution in [0.15, 0.2) is 52.0 Å². The van der Waals surface area contributed by atoms with Crippen molar-refractivity contribution in [1.82, 2.24) is 20.8 Å². The van der Waals surface area contributed by atoms with Gasteiger partial charge in [0.1, 0.15) is 11.6 Å². The first-order chi connectivity index (χ1) is 14.1. The fourth-order valence-corrected chi connectivity index (χ4v) is 2.77. The second-order valence-electron chi connectivity index (χ2n) is 6.48. The number of nitrogens with zero attached hydrogens (tertiary/aromatic N) is 3. The molecule has 2 aromatic carbocycles. The summed E-state index contributed by atoms with van der Waals surface area (Å²) >= 11 is 0. The summed E-state index contributed by atoms with van der Waals surface area (Å²) in [5.74, 6) is 0.705. The van der Waals surface area contributed by atoms with Crippen LogP contribution in [0.25, 0.3) is 11.5 Å². The molecule has 6 nitrogen and oxygen atoms in total. The van der Waals surface area contributed by atoms with Crippen LogP contribution in [0.1, 0.15) is 30.3 Å². The van der Waals surface area contributed by atoms with Crippen LogP contribution >= 0.6 is 0 Å². The van der Waals surface area contributed by atoms with Crippen molar-refractivity contribution in [1.29, 1.82) is 0 Å². The van der Waals surface area contributed by atoms with E-state index in [1.54, 1.807) is 7.05 Å². The largest absolute Gasteiger partial charge is 0.352 e. The monoisotopic (exact) mass is 399 g/mol. The van der Waals surface area contributed by atoms with Crippen molar-refractivity contribution < 1.29 is 13.3 Å². The first-order valence-electron chi connectivity index (χ1n) is 9.39. The minimum Gasteiger partial charge on any atom is -0.352 e. The zero-order valence-corrected chi connectivity index (χ0v) is 16.4. The normalized spacial score (nSPS) is 11.5. The van der Waals surface area contributed by atoms with Crippen LogP contribution in [0.5, 0.6) is 0 Å². The number of nitrogens with one attached hydrogen (secondary N) is 2. The second kappa shape index (κ2) is 9.77. The summed E-state index contributed by atoms with van der Waals surface area (Å²) in [7, 11) is 1.61. The van der Waals surface area contributed by atoms with E-state index in [-0.39, 0.29) is 12.1 Å². The fourth-order valence-electron chi connectivity index (χ4n) is 2.77. The van der Waals surface area contributed by atoms with Gasteiger partial charge in [-0.2, -0.15) is 4.98 Å². The SMILES string of the molecule is CCCc1noc(-c2cccc(CNC(=NC)NCc3cc(F)ccc3F)c2)n1. The van der Waals surface area contributed by atoms with Gasteiger partial charge in [0, 0.05) is 37.7 Å². The minimum absolute atomic E-state index is 0.117. The predicted octanol–water partition coefficient (Wildman–Crippen LogP) is 3.83. The maximum atomic E-state index is 13.7. The van der Waals surface area contributed by atoms with Crippen molar-refractivity contribution in [2.75, 3.05) is 7.05 Å². The highest BCUT2D eigenvalue weighted by molar-refractivity contribution is 5.79. The number of rotatable bonds is 7. The van der Waals surface area contributed by atoms with E-state index in [1.807, 2.05) is 24.3 Å². The molecule has 0 atom stereocenters. The van der Waals surface area contributed by atoms with Gasteiger partial charge in [-0.1, -0.05) is 24.2 Å². The number of hydrogen-bond acceptors (Lipinski definition) is 4. The number of aryl methyl sites for hydroxylation is 1. The number of halogens is 2. The van der Waals surface area contributed by atoms with E-state index in [9.17, 15) is 8.78 Å². The van der Waals surface area contributed by atoms with Crippen LogP contribution in [-0.2, 0) is 19.5 Å². The molecule has 3 rings (SSSR count). The number of aliphatic imine (C=N–C) groups is 1. The summed E-state index contributed by atoms with van der Waals surface area (Å²) in [5, 5.41) is 10.1. The summed E-state index contributed by atoms with van der Waals surface area (Å²) in [5.41, 5.74) is 2.05. The Kier molecular flexibility index (Phi) is 6.89. The Morgan fingerprint density at radius 2 is 1.93 bits per heavy atom. The van der Waals surface area contributed by atoms with Crippen molar-refractivity contribution >= 4 is 5.96 Å². The molecule has 0 fully saturated rings. The molecule has 2 N–H and O–H groups in total. The van der Waals surface area contributed by atoms with Crippen LogP contribution in [0.2, 0.25) is 0 Å². The summed E-state index contributed by atoms with van der Waals surface area (Å²) in [6.45, 7) is 2.66. The van der Waals surface area contributed by atoms with Gasteiger partial charge in [-0.3, -0.25) is 4.99 Å². The number of guanidine groups is 1. The van der Waals surface area contributed by atoms with Gasteiger partial charge in [-0.15, -0.1) is 0 Å². The maximum absolute atomic E-state index is 13.7.